The van der Waals surface area contributed by atoms with E-state index in [1.54, 1.807) is 16.8 Å². The summed E-state index contributed by atoms with van der Waals surface area (Å²) >= 11 is 1.57. The van der Waals surface area contributed by atoms with Crippen molar-refractivity contribution in [1.82, 2.24) is 9.97 Å². The standard InChI is InChI=1S/C12H7N2S/c1-2-4-10-9(3-1)5-6-11(14-10)12-7-15-8-13-12/h1-5,7-8H. The number of aromatic nitrogens is 2. The average molecular weight is 211 g/mol. The van der Waals surface area contributed by atoms with E-state index in [-0.39, 0.29) is 0 Å². The van der Waals surface area contributed by atoms with E-state index in [1.807, 2.05) is 35.7 Å². The number of thiazole rings is 1. The maximum atomic E-state index is 4.51. The number of benzene rings is 1. The van der Waals surface area contributed by atoms with Crippen LogP contribution in [0.15, 0.2) is 41.2 Å². The van der Waals surface area contributed by atoms with E-state index in [1.165, 1.54) is 0 Å². The van der Waals surface area contributed by atoms with Crippen LogP contribution in [0.25, 0.3) is 22.3 Å². The molecule has 0 fully saturated rings. The Bertz CT molecular complexity index is 587. The molecule has 15 heavy (non-hydrogen) atoms. The van der Waals surface area contributed by atoms with Gasteiger partial charge in [0.25, 0.3) is 0 Å². The molecule has 0 amide bonds. The van der Waals surface area contributed by atoms with Gasteiger partial charge in [-0.05, 0) is 12.1 Å². The Morgan fingerprint density at radius 3 is 3.00 bits per heavy atom. The van der Waals surface area contributed by atoms with Crippen molar-refractivity contribution < 1.29 is 0 Å². The maximum Gasteiger partial charge on any atom is 0.100 e. The molecular weight excluding hydrogens is 204 g/mol. The van der Waals surface area contributed by atoms with E-state index >= 15 is 0 Å². The first-order valence-corrected chi connectivity index (χ1v) is 5.54. The molecule has 0 N–H and O–H groups in total. The highest BCUT2D eigenvalue weighted by atomic mass is 32.1. The minimum absolute atomic E-state index is 0.815. The van der Waals surface area contributed by atoms with Gasteiger partial charge in [0.2, 0.25) is 0 Å². The van der Waals surface area contributed by atoms with Crippen LogP contribution >= 0.6 is 11.3 Å². The van der Waals surface area contributed by atoms with Crippen molar-refractivity contribution in [3.63, 3.8) is 0 Å². The van der Waals surface area contributed by atoms with Crippen LogP contribution in [0.4, 0.5) is 0 Å². The molecule has 0 saturated carbocycles. The molecule has 1 aromatic carbocycles. The SMILES string of the molecule is [c]1cc2ccccc2nc1-c1cscn1. The van der Waals surface area contributed by atoms with Crippen molar-refractivity contribution >= 4 is 22.2 Å². The molecule has 71 valence electrons. The Morgan fingerprint density at radius 1 is 1.20 bits per heavy atom. The van der Waals surface area contributed by atoms with Crippen molar-refractivity contribution in [2.24, 2.45) is 0 Å². The van der Waals surface area contributed by atoms with Crippen LogP contribution < -0.4 is 0 Å². The lowest BCUT2D eigenvalue weighted by Crippen LogP contribution is -1.84. The van der Waals surface area contributed by atoms with Gasteiger partial charge < -0.3 is 0 Å². The van der Waals surface area contributed by atoms with Crippen molar-refractivity contribution in [3.8, 4) is 11.4 Å². The molecule has 1 radical (unpaired) electrons. The summed E-state index contributed by atoms with van der Waals surface area (Å²) in [4.78, 5) is 8.72. The highest BCUT2D eigenvalue weighted by Gasteiger charge is 2.02. The lowest BCUT2D eigenvalue weighted by Gasteiger charge is -1.98. The highest BCUT2D eigenvalue weighted by molar-refractivity contribution is 7.07. The van der Waals surface area contributed by atoms with Gasteiger partial charge in [-0.2, -0.15) is 0 Å². The van der Waals surface area contributed by atoms with Gasteiger partial charge in [0, 0.05) is 16.8 Å². The quantitative estimate of drug-likeness (QED) is 0.618. The summed E-state index contributed by atoms with van der Waals surface area (Å²) in [6, 6.07) is 13.1. The largest absolute Gasteiger partial charge is 0.245 e. The van der Waals surface area contributed by atoms with E-state index in [2.05, 4.69) is 16.0 Å². The lowest BCUT2D eigenvalue weighted by molar-refractivity contribution is 1.32. The summed E-state index contributed by atoms with van der Waals surface area (Å²) < 4.78 is 0. The number of hydrogen-bond acceptors (Lipinski definition) is 3. The predicted octanol–water partition coefficient (Wildman–Crippen LogP) is 3.16. The molecule has 2 nitrogen and oxygen atoms in total. The summed E-state index contributed by atoms with van der Waals surface area (Å²) in [7, 11) is 0. The van der Waals surface area contributed by atoms with Crippen LogP contribution in [0.5, 0.6) is 0 Å². The second-order valence-corrected chi connectivity index (χ2v) is 3.90. The molecule has 0 aliphatic heterocycles. The molecule has 0 atom stereocenters. The molecule has 0 aliphatic carbocycles. The smallest absolute Gasteiger partial charge is 0.100 e. The van der Waals surface area contributed by atoms with Crippen LogP contribution in [0.3, 0.4) is 0 Å². The third-order valence-corrected chi connectivity index (χ3v) is 2.79. The first-order valence-electron chi connectivity index (χ1n) is 4.59. The van der Waals surface area contributed by atoms with Crippen molar-refractivity contribution in [1.29, 1.82) is 0 Å². The van der Waals surface area contributed by atoms with E-state index in [0.29, 0.717) is 0 Å². The highest BCUT2D eigenvalue weighted by Crippen LogP contribution is 2.19. The Hall–Kier alpha value is -1.74. The van der Waals surface area contributed by atoms with Gasteiger partial charge in [-0.1, -0.05) is 18.2 Å². The fourth-order valence-corrected chi connectivity index (χ4v) is 2.01. The lowest BCUT2D eigenvalue weighted by atomic mass is 10.2. The minimum atomic E-state index is 0.815. The summed E-state index contributed by atoms with van der Waals surface area (Å²) in [5.41, 5.74) is 4.50. The first-order chi connectivity index (χ1) is 7.43. The summed E-state index contributed by atoms with van der Waals surface area (Å²) in [5, 5.41) is 3.09. The van der Waals surface area contributed by atoms with Crippen molar-refractivity contribution in [3.05, 3.63) is 47.3 Å². The third kappa shape index (κ3) is 1.51. The number of nitrogens with zero attached hydrogens (tertiary/aromatic N) is 2. The van der Waals surface area contributed by atoms with Crippen LogP contribution in [-0.2, 0) is 0 Å². The van der Waals surface area contributed by atoms with Gasteiger partial charge in [0.15, 0.2) is 0 Å². The minimum Gasteiger partial charge on any atom is -0.245 e. The molecule has 0 spiro atoms. The van der Waals surface area contributed by atoms with E-state index < -0.39 is 0 Å². The second-order valence-electron chi connectivity index (χ2n) is 3.18. The van der Waals surface area contributed by atoms with E-state index in [4.69, 9.17) is 0 Å². The number of para-hydroxylation sites is 1. The Balaban J connectivity index is 2.22. The number of fused-ring (bicyclic) bond motifs is 1. The first kappa shape index (κ1) is 8.56. The van der Waals surface area contributed by atoms with E-state index in [0.717, 1.165) is 22.3 Å². The number of hydrogen-bond donors (Lipinski definition) is 0. The Kier molecular flexibility index (Phi) is 1.96. The van der Waals surface area contributed by atoms with Gasteiger partial charge in [0.1, 0.15) is 5.69 Å². The molecule has 3 aromatic rings. The van der Waals surface area contributed by atoms with Crippen LogP contribution in [0.1, 0.15) is 0 Å². The normalized spacial score (nSPS) is 10.7. The van der Waals surface area contributed by atoms with Crippen LogP contribution in [0, 0.1) is 6.07 Å². The zero-order chi connectivity index (χ0) is 10.1. The summed E-state index contributed by atoms with van der Waals surface area (Å²) in [6.07, 6.45) is 0. The zero-order valence-corrected chi connectivity index (χ0v) is 8.66. The zero-order valence-electron chi connectivity index (χ0n) is 7.84. The molecule has 3 heteroatoms. The summed E-state index contributed by atoms with van der Waals surface area (Å²) in [5.74, 6) is 0. The Labute approximate surface area is 91.2 Å². The average Bonchev–Trinajstić information content (AvgIpc) is 2.82. The second kappa shape index (κ2) is 3.44. The van der Waals surface area contributed by atoms with Gasteiger partial charge in [-0.15, -0.1) is 11.3 Å². The molecule has 0 unspecified atom stereocenters. The number of rotatable bonds is 1. The van der Waals surface area contributed by atoms with Gasteiger partial charge >= 0.3 is 0 Å². The molecule has 0 bridgehead atoms. The monoisotopic (exact) mass is 211 g/mol. The molecular formula is C12H7N2S. The van der Waals surface area contributed by atoms with Gasteiger partial charge in [-0.3, -0.25) is 0 Å². The molecule has 0 saturated heterocycles. The van der Waals surface area contributed by atoms with Crippen molar-refractivity contribution in [2.45, 2.75) is 0 Å². The third-order valence-electron chi connectivity index (χ3n) is 2.21. The Morgan fingerprint density at radius 2 is 2.13 bits per heavy atom. The van der Waals surface area contributed by atoms with Gasteiger partial charge in [-0.25, -0.2) is 9.97 Å². The van der Waals surface area contributed by atoms with Crippen LogP contribution in [0.2, 0.25) is 0 Å². The fourth-order valence-electron chi connectivity index (χ4n) is 1.47. The fraction of sp³-hybridized carbons (Fsp3) is 0. The molecule has 3 rings (SSSR count). The van der Waals surface area contributed by atoms with Gasteiger partial charge in [0.05, 0.1) is 16.7 Å². The molecule has 2 aromatic heterocycles. The summed E-state index contributed by atoms with van der Waals surface area (Å²) in [6.45, 7) is 0. The number of pyridine rings is 1. The van der Waals surface area contributed by atoms with E-state index in [9.17, 15) is 0 Å². The molecule has 2 heterocycles. The predicted molar refractivity (Wildman–Crippen MR) is 61.7 cm³/mol. The van der Waals surface area contributed by atoms with Crippen molar-refractivity contribution in [2.75, 3.05) is 0 Å². The topological polar surface area (TPSA) is 25.8 Å². The maximum absolute atomic E-state index is 4.51. The van der Waals surface area contributed by atoms with Crippen LogP contribution in [-0.4, -0.2) is 9.97 Å². The molecule has 0 aliphatic rings.